The van der Waals surface area contributed by atoms with Crippen LogP contribution in [0, 0.1) is 23.5 Å². The van der Waals surface area contributed by atoms with E-state index in [9.17, 15) is 8.78 Å². The van der Waals surface area contributed by atoms with Gasteiger partial charge in [0.1, 0.15) is 0 Å². The molecule has 0 bridgehead atoms. The van der Waals surface area contributed by atoms with Crippen molar-refractivity contribution in [2.75, 3.05) is 5.32 Å². The van der Waals surface area contributed by atoms with Crippen LogP contribution < -0.4 is 5.32 Å². The summed E-state index contributed by atoms with van der Waals surface area (Å²) in [5.41, 5.74) is 0.689. The number of hydrogen-bond acceptors (Lipinski definition) is 1. The van der Waals surface area contributed by atoms with Crippen LogP contribution in [0.5, 0.6) is 0 Å². The van der Waals surface area contributed by atoms with Gasteiger partial charge in [-0.2, -0.15) is 0 Å². The van der Waals surface area contributed by atoms with Crippen LogP contribution in [-0.2, 0) is 0 Å². The Hall–Kier alpha value is -1.12. The second-order valence-corrected chi connectivity index (χ2v) is 6.13. The molecule has 1 saturated carbocycles. The van der Waals surface area contributed by atoms with Gasteiger partial charge in [0.2, 0.25) is 0 Å². The van der Waals surface area contributed by atoms with E-state index in [1.54, 1.807) is 6.07 Å². The van der Waals surface area contributed by atoms with Gasteiger partial charge in [-0.1, -0.05) is 26.7 Å². The van der Waals surface area contributed by atoms with E-state index in [1.807, 2.05) is 0 Å². The highest BCUT2D eigenvalue weighted by Gasteiger charge is 2.22. The average Bonchev–Trinajstić information content (AvgIpc) is 2.33. The predicted molar refractivity (Wildman–Crippen MR) is 75.2 cm³/mol. The molecule has 0 saturated heterocycles. The summed E-state index contributed by atoms with van der Waals surface area (Å²) < 4.78 is 26.0. The molecule has 106 valence electrons. The van der Waals surface area contributed by atoms with Crippen LogP contribution in [-0.4, -0.2) is 6.04 Å². The molecule has 19 heavy (non-hydrogen) atoms. The predicted octanol–water partition coefficient (Wildman–Crippen LogP) is 4.98. The van der Waals surface area contributed by atoms with E-state index >= 15 is 0 Å². The molecule has 2 atom stereocenters. The topological polar surface area (TPSA) is 12.0 Å². The van der Waals surface area contributed by atoms with Crippen LogP contribution in [0.15, 0.2) is 18.2 Å². The standard InChI is InChI=1S/C16H23F2N/c1-11(2)8-12-4-3-5-13(9-12)19-14-6-7-15(17)16(18)10-14/h6-7,10-13,19H,3-5,8-9H2,1-2H3. The molecule has 1 aromatic carbocycles. The molecular weight excluding hydrogens is 244 g/mol. The van der Waals surface area contributed by atoms with Gasteiger partial charge in [-0.15, -0.1) is 0 Å². The monoisotopic (exact) mass is 267 g/mol. The fourth-order valence-electron chi connectivity index (χ4n) is 3.12. The van der Waals surface area contributed by atoms with Gasteiger partial charge in [-0.25, -0.2) is 8.78 Å². The third-order valence-electron chi connectivity index (χ3n) is 3.88. The van der Waals surface area contributed by atoms with Crippen molar-refractivity contribution >= 4 is 5.69 Å². The minimum Gasteiger partial charge on any atom is -0.382 e. The Morgan fingerprint density at radius 1 is 1.21 bits per heavy atom. The van der Waals surface area contributed by atoms with Gasteiger partial charge in [0.15, 0.2) is 11.6 Å². The van der Waals surface area contributed by atoms with E-state index in [4.69, 9.17) is 0 Å². The first kappa shape index (κ1) is 14.3. The summed E-state index contributed by atoms with van der Waals surface area (Å²) in [6, 6.07) is 4.44. The summed E-state index contributed by atoms with van der Waals surface area (Å²) in [4.78, 5) is 0. The minimum atomic E-state index is -0.785. The van der Waals surface area contributed by atoms with Crippen molar-refractivity contribution in [3.05, 3.63) is 29.8 Å². The first-order valence-electron chi connectivity index (χ1n) is 7.26. The molecule has 1 aliphatic rings. The molecule has 2 rings (SSSR count). The Labute approximate surface area is 114 Å². The molecule has 1 nitrogen and oxygen atoms in total. The molecule has 0 radical (unpaired) electrons. The fourth-order valence-corrected chi connectivity index (χ4v) is 3.12. The van der Waals surface area contributed by atoms with Crippen molar-refractivity contribution in [3.63, 3.8) is 0 Å². The Morgan fingerprint density at radius 2 is 2.00 bits per heavy atom. The molecule has 2 unspecified atom stereocenters. The highest BCUT2D eigenvalue weighted by atomic mass is 19.2. The van der Waals surface area contributed by atoms with Crippen LogP contribution in [0.4, 0.5) is 14.5 Å². The first-order chi connectivity index (χ1) is 9.04. The zero-order valence-corrected chi connectivity index (χ0v) is 11.8. The van der Waals surface area contributed by atoms with E-state index < -0.39 is 11.6 Å². The number of nitrogens with one attached hydrogen (secondary N) is 1. The van der Waals surface area contributed by atoms with Crippen molar-refractivity contribution in [2.45, 2.75) is 52.0 Å². The van der Waals surface area contributed by atoms with Gasteiger partial charge in [0.25, 0.3) is 0 Å². The Bertz CT molecular complexity index is 417. The third kappa shape index (κ3) is 4.19. The van der Waals surface area contributed by atoms with E-state index in [2.05, 4.69) is 19.2 Å². The van der Waals surface area contributed by atoms with Crippen LogP contribution in [0.2, 0.25) is 0 Å². The SMILES string of the molecule is CC(C)CC1CCCC(Nc2ccc(F)c(F)c2)C1. The van der Waals surface area contributed by atoms with E-state index in [-0.39, 0.29) is 0 Å². The summed E-state index contributed by atoms with van der Waals surface area (Å²) >= 11 is 0. The molecule has 1 N–H and O–H groups in total. The van der Waals surface area contributed by atoms with E-state index in [1.165, 1.54) is 31.4 Å². The summed E-state index contributed by atoms with van der Waals surface area (Å²) in [7, 11) is 0. The highest BCUT2D eigenvalue weighted by Crippen LogP contribution is 2.31. The average molecular weight is 267 g/mol. The zero-order chi connectivity index (χ0) is 13.8. The largest absolute Gasteiger partial charge is 0.382 e. The molecule has 0 aliphatic heterocycles. The Balaban J connectivity index is 1.92. The van der Waals surface area contributed by atoms with Gasteiger partial charge in [0, 0.05) is 17.8 Å². The molecule has 0 heterocycles. The molecule has 1 aromatic rings. The summed E-state index contributed by atoms with van der Waals surface area (Å²) in [6.45, 7) is 4.51. The van der Waals surface area contributed by atoms with Crippen molar-refractivity contribution in [1.29, 1.82) is 0 Å². The number of anilines is 1. The molecule has 3 heteroatoms. The molecule has 1 aliphatic carbocycles. The quantitative estimate of drug-likeness (QED) is 0.811. The molecule has 1 fully saturated rings. The summed E-state index contributed by atoms with van der Waals surface area (Å²) in [5, 5.41) is 3.35. The summed E-state index contributed by atoms with van der Waals surface area (Å²) in [6.07, 6.45) is 6.04. The van der Waals surface area contributed by atoms with E-state index in [0.717, 1.165) is 24.7 Å². The Morgan fingerprint density at radius 3 is 2.68 bits per heavy atom. The first-order valence-corrected chi connectivity index (χ1v) is 7.26. The van der Waals surface area contributed by atoms with Crippen molar-refractivity contribution < 1.29 is 8.78 Å². The maximum Gasteiger partial charge on any atom is 0.160 e. The zero-order valence-electron chi connectivity index (χ0n) is 11.8. The summed E-state index contributed by atoms with van der Waals surface area (Å²) in [5.74, 6) is -0.0741. The molecule has 0 spiro atoms. The lowest BCUT2D eigenvalue weighted by Gasteiger charge is -2.31. The number of rotatable bonds is 4. The van der Waals surface area contributed by atoms with Gasteiger partial charge < -0.3 is 5.32 Å². The van der Waals surface area contributed by atoms with Gasteiger partial charge >= 0.3 is 0 Å². The normalized spacial score (nSPS) is 23.6. The van der Waals surface area contributed by atoms with E-state index in [0.29, 0.717) is 11.7 Å². The fraction of sp³-hybridized carbons (Fsp3) is 0.625. The maximum absolute atomic E-state index is 13.2. The van der Waals surface area contributed by atoms with Crippen molar-refractivity contribution in [1.82, 2.24) is 0 Å². The molecule has 0 amide bonds. The smallest absolute Gasteiger partial charge is 0.160 e. The lowest BCUT2D eigenvalue weighted by Crippen LogP contribution is -2.28. The Kier molecular flexibility index (Phi) is 4.78. The van der Waals surface area contributed by atoms with Crippen LogP contribution >= 0.6 is 0 Å². The van der Waals surface area contributed by atoms with Crippen LogP contribution in [0.3, 0.4) is 0 Å². The van der Waals surface area contributed by atoms with Gasteiger partial charge in [0.05, 0.1) is 0 Å². The van der Waals surface area contributed by atoms with Crippen LogP contribution in [0.1, 0.15) is 46.0 Å². The third-order valence-corrected chi connectivity index (χ3v) is 3.88. The lowest BCUT2D eigenvalue weighted by atomic mass is 9.81. The second kappa shape index (κ2) is 6.36. The highest BCUT2D eigenvalue weighted by molar-refractivity contribution is 5.44. The van der Waals surface area contributed by atoms with Crippen molar-refractivity contribution in [2.24, 2.45) is 11.8 Å². The molecule has 0 aromatic heterocycles. The van der Waals surface area contributed by atoms with Gasteiger partial charge in [-0.05, 0) is 43.2 Å². The van der Waals surface area contributed by atoms with Crippen LogP contribution in [0.25, 0.3) is 0 Å². The second-order valence-electron chi connectivity index (χ2n) is 6.13. The number of benzene rings is 1. The lowest BCUT2D eigenvalue weighted by molar-refractivity contribution is 0.289. The molecular formula is C16H23F2N. The van der Waals surface area contributed by atoms with Crippen molar-refractivity contribution in [3.8, 4) is 0 Å². The number of hydrogen-bond donors (Lipinski definition) is 1. The van der Waals surface area contributed by atoms with Gasteiger partial charge in [-0.3, -0.25) is 0 Å². The maximum atomic E-state index is 13.2. The number of halogens is 2. The minimum absolute atomic E-state index is 0.391.